The van der Waals surface area contributed by atoms with Gasteiger partial charge in [-0.1, -0.05) is 0 Å². The van der Waals surface area contributed by atoms with E-state index in [1.54, 1.807) is 38.1 Å². The van der Waals surface area contributed by atoms with Gasteiger partial charge in [-0.25, -0.2) is 9.48 Å². The molecule has 0 unspecified atom stereocenters. The van der Waals surface area contributed by atoms with Crippen LogP contribution in [0.5, 0.6) is 0 Å². The van der Waals surface area contributed by atoms with Crippen molar-refractivity contribution >= 4 is 23.2 Å². The predicted molar refractivity (Wildman–Crippen MR) is 76.1 cm³/mol. The Morgan fingerprint density at radius 1 is 1.38 bits per heavy atom. The Kier molecular flexibility index (Phi) is 3.62. The zero-order chi connectivity index (χ0) is 15.7. The summed E-state index contributed by atoms with van der Waals surface area (Å²) in [6, 6.07) is 6.08. The van der Waals surface area contributed by atoms with Crippen LogP contribution in [0.25, 0.3) is 0 Å². The summed E-state index contributed by atoms with van der Waals surface area (Å²) in [5, 5.41) is 24.1. The Morgan fingerprint density at radius 3 is 2.43 bits per heavy atom. The molecule has 21 heavy (non-hydrogen) atoms. The molecule has 0 atom stereocenters. The first-order valence-corrected chi connectivity index (χ1v) is 6.08. The molecule has 0 bridgehead atoms. The summed E-state index contributed by atoms with van der Waals surface area (Å²) in [6.45, 7) is 1.57. The number of hydrogen-bond acceptors (Lipinski definition) is 5. The number of benzene rings is 1. The molecule has 8 nitrogen and oxygen atoms in total. The van der Waals surface area contributed by atoms with E-state index < -0.39 is 10.9 Å². The highest BCUT2D eigenvalue weighted by atomic mass is 16.6. The van der Waals surface area contributed by atoms with Gasteiger partial charge in [0.25, 0.3) is 0 Å². The summed E-state index contributed by atoms with van der Waals surface area (Å²) in [5.41, 5.74) is 1.04. The lowest BCUT2D eigenvalue weighted by Gasteiger charge is -2.18. The normalized spacial score (nSPS) is 10.4. The molecule has 0 radical (unpaired) electrons. The van der Waals surface area contributed by atoms with Crippen LogP contribution in [0.15, 0.2) is 24.3 Å². The van der Waals surface area contributed by atoms with E-state index in [1.165, 1.54) is 16.8 Å². The van der Waals surface area contributed by atoms with Gasteiger partial charge in [0.05, 0.1) is 10.5 Å². The Morgan fingerprint density at radius 2 is 1.95 bits per heavy atom. The summed E-state index contributed by atoms with van der Waals surface area (Å²) in [5.74, 6) is -0.688. The van der Waals surface area contributed by atoms with Crippen molar-refractivity contribution in [2.75, 3.05) is 11.9 Å². The quantitative estimate of drug-likeness (QED) is 0.683. The molecule has 1 heterocycles. The Hall–Kier alpha value is -2.90. The molecule has 0 aliphatic heterocycles. The van der Waals surface area contributed by atoms with Gasteiger partial charge in [-0.05, 0) is 31.2 Å². The fourth-order valence-electron chi connectivity index (χ4n) is 2.17. The van der Waals surface area contributed by atoms with Gasteiger partial charge in [0.15, 0.2) is 0 Å². The summed E-state index contributed by atoms with van der Waals surface area (Å²) in [6.07, 6.45) is 0. The molecular weight excluding hydrogens is 276 g/mol. The SMILES string of the molecule is Cc1nn(C)c(N(C)c2ccc(C(=O)O)cc2)c1[N+](=O)[O-]. The van der Waals surface area contributed by atoms with E-state index in [0.29, 0.717) is 17.2 Å². The molecule has 0 saturated heterocycles. The Labute approximate surface area is 120 Å². The van der Waals surface area contributed by atoms with Crippen molar-refractivity contribution in [1.82, 2.24) is 9.78 Å². The maximum absolute atomic E-state index is 11.2. The van der Waals surface area contributed by atoms with Gasteiger partial charge >= 0.3 is 11.7 Å². The molecule has 2 aromatic rings. The highest BCUT2D eigenvalue weighted by Crippen LogP contribution is 2.34. The number of nitro groups is 1. The molecule has 0 amide bonds. The fraction of sp³-hybridized carbons (Fsp3) is 0.231. The molecule has 0 aliphatic rings. The average molecular weight is 290 g/mol. The van der Waals surface area contributed by atoms with Crippen LogP contribution >= 0.6 is 0 Å². The van der Waals surface area contributed by atoms with Crippen LogP contribution in [-0.4, -0.2) is 32.8 Å². The lowest BCUT2D eigenvalue weighted by molar-refractivity contribution is -0.384. The highest BCUT2D eigenvalue weighted by molar-refractivity contribution is 5.88. The molecule has 1 aromatic carbocycles. The van der Waals surface area contributed by atoms with Crippen molar-refractivity contribution in [3.63, 3.8) is 0 Å². The summed E-state index contributed by atoms with van der Waals surface area (Å²) in [4.78, 5) is 23.1. The van der Waals surface area contributed by atoms with E-state index in [2.05, 4.69) is 5.10 Å². The fourth-order valence-corrected chi connectivity index (χ4v) is 2.17. The van der Waals surface area contributed by atoms with Crippen LogP contribution in [0.3, 0.4) is 0 Å². The Balaban J connectivity index is 2.47. The number of carbonyl (C=O) groups is 1. The lowest BCUT2D eigenvalue weighted by atomic mass is 10.2. The minimum atomic E-state index is -1.02. The predicted octanol–water partition coefficient (Wildman–Crippen LogP) is 2.10. The van der Waals surface area contributed by atoms with Crippen LogP contribution in [0.2, 0.25) is 0 Å². The second-order valence-electron chi connectivity index (χ2n) is 4.55. The topological polar surface area (TPSA) is 102 Å². The van der Waals surface area contributed by atoms with Gasteiger partial charge in [0, 0.05) is 19.8 Å². The third-order valence-electron chi connectivity index (χ3n) is 3.16. The number of hydrogen-bond donors (Lipinski definition) is 1. The summed E-state index contributed by atoms with van der Waals surface area (Å²) < 4.78 is 1.43. The number of carboxylic acids is 1. The number of aromatic carboxylic acids is 1. The minimum absolute atomic E-state index is 0.0673. The largest absolute Gasteiger partial charge is 0.478 e. The molecule has 0 fully saturated rings. The van der Waals surface area contributed by atoms with E-state index in [9.17, 15) is 14.9 Å². The second kappa shape index (κ2) is 5.23. The van der Waals surface area contributed by atoms with E-state index in [-0.39, 0.29) is 11.3 Å². The van der Waals surface area contributed by atoms with E-state index in [1.807, 2.05) is 0 Å². The Bertz CT molecular complexity index is 706. The molecule has 1 aromatic heterocycles. The number of aryl methyl sites for hydroxylation is 2. The third-order valence-corrected chi connectivity index (χ3v) is 3.16. The van der Waals surface area contributed by atoms with Crippen molar-refractivity contribution in [3.05, 3.63) is 45.6 Å². The molecule has 2 rings (SSSR count). The molecule has 110 valence electrons. The van der Waals surface area contributed by atoms with E-state index >= 15 is 0 Å². The van der Waals surface area contributed by atoms with Crippen molar-refractivity contribution < 1.29 is 14.8 Å². The first kappa shape index (κ1) is 14.5. The van der Waals surface area contributed by atoms with E-state index in [0.717, 1.165) is 0 Å². The average Bonchev–Trinajstić information content (AvgIpc) is 2.72. The van der Waals surface area contributed by atoms with Crippen LogP contribution < -0.4 is 4.90 Å². The zero-order valence-corrected chi connectivity index (χ0v) is 11.8. The number of anilines is 2. The van der Waals surface area contributed by atoms with Gasteiger partial charge in [-0.2, -0.15) is 5.10 Å². The zero-order valence-electron chi connectivity index (χ0n) is 11.8. The molecule has 8 heteroatoms. The lowest BCUT2D eigenvalue weighted by Crippen LogP contribution is -2.15. The first-order chi connectivity index (χ1) is 9.82. The van der Waals surface area contributed by atoms with Gasteiger partial charge in [-0.3, -0.25) is 10.1 Å². The number of nitrogens with zero attached hydrogens (tertiary/aromatic N) is 4. The standard InChI is InChI=1S/C13H14N4O4/c1-8-11(17(20)21)12(16(3)14-8)15(2)10-6-4-9(5-7-10)13(18)19/h4-7H,1-3H3,(H,18,19). The first-order valence-electron chi connectivity index (χ1n) is 6.08. The maximum atomic E-state index is 11.2. The molecule has 0 saturated carbocycles. The van der Waals surface area contributed by atoms with Crippen LogP contribution in [0.1, 0.15) is 16.1 Å². The van der Waals surface area contributed by atoms with Crippen molar-refractivity contribution in [3.8, 4) is 0 Å². The number of aromatic nitrogens is 2. The van der Waals surface area contributed by atoms with Crippen LogP contribution in [0.4, 0.5) is 17.2 Å². The molecular formula is C13H14N4O4. The highest BCUT2D eigenvalue weighted by Gasteiger charge is 2.27. The van der Waals surface area contributed by atoms with Crippen LogP contribution in [-0.2, 0) is 7.05 Å². The summed E-state index contributed by atoms with van der Waals surface area (Å²) in [7, 11) is 3.29. The third kappa shape index (κ3) is 2.55. The maximum Gasteiger partial charge on any atom is 0.335 e. The molecule has 0 aliphatic carbocycles. The molecule has 0 spiro atoms. The van der Waals surface area contributed by atoms with Crippen molar-refractivity contribution in [1.29, 1.82) is 0 Å². The van der Waals surface area contributed by atoms with Gasteiger partial charge < -0.3 is 10.0 Å². The summed E-state index contributed by atoms with van der Waals surface area (Å²) >= 11 is 0. The monoisotopic (exact) mass is 290 g/mol. The van der Waals surface area contributed by atoms with E-state index in [4.69, 9.17) is 5.11 Å². The van der Waals surface area contributed by atoms with Crippen molar-refractivity contribution in [2.45, 2.75) is 6.92 Å². The smallest absolute Gasteiger partial charge is 0.335 e. The van der Waals surface area contributed by atoms with Gasteiger partial charge in [0.1, 0.15) is 5.69 Å². The van der Waals surface area contributed by atoms with Crippen LogP contribution in [0, 0.1) is 17.0 Å². The second-order valence-corrected chi connectivity index (χ2v) is 4.55. The number of rotatable bonds is 4. The molecule has 1 N–H and O–H groups in total. The van der Waals surface area contributed by atoms with Crippen molar-refractivity contribution in [2.24, 2.45) is 7.05 Å². The van der Waals surface area contributed by atoms with Gasteiger partial charge in [0.2, 0.25) is 5.82 Å². The van der Waals surface area contributed by atoms with Gasteiger partial charge in [-0.15, -0.1) is 0 Å². The number of carboxylic acid groups (broad SMARTS) is 1. The minimum Gasteiger partial charge on any atom is -0.478 e.